The molecular weight excluding hydrogens is 794 g/mol. The Kier molecular flexibility index (Phi) is 89.6. The molecule has 0 unspecified atom stereocenters. The molecule has 23 heteroatoms. The molecule has 0 saturated carbocycles. The van der Waals surface area contributed by atoms with Crippen molar-refractivity contribution in [3.8, 4) is 0 Å². The van der Waals surface area contributed by atoms with E-state index in [4.69, 9.17) is 9.15 Å². The number of ether oxygens (including phenoxy) is 1. The van der Waals surface area contributed by atoms with Gasteiger partial charge in [-0.05, 0) is 12.2 Å². The largest absolute Gasteiger partial charge is 0.420 e. The third-order valence-corrected chi connectivity index (χ3v) is 2.91. The fourth-order valence-electron chi connectivity index (χ4n) is 0.725. The van der Waals surface area contributed by atoms with Gasteiger partial charge in [0.15, 0.2) is 20.0 Å². The Balaban J connectivity index is -0.0000000284. The molecular formula is C30H56F22O. The lowest BCUT2D eigenvalue weighted by Crippen LogP contribution is -2.24. The first kappa shape index (κ1) is 92.7. The molecule has 0 atom stereocenters. The SMILES string of the molecule is C.C.C.C.C.C.C=C(C(F)(F)F)C(F)(F)F.C=CC(F)(F)CF.C=CC(F)(F)CF.C=CC(F)(F)F.C=CCOCCC(F)(F)CF.CF.CF.FF. The van der Waals surface area contributed by atoms with Crippen molar-refractivity contribution in [2.24, 2.45) is 0 Å². The molecule has 53 heavy (non-hydrogen) atoms. The fourth-order valence-corrected chi connectivity index (χ4v) is 0.725. The van der Waals surface area contributed by atoms with Crippen molar-refractivity contribution in [1.82, 2.24) is 0 Å². The first-order chi connectivity index (χ1) is 21.1. The number of halogens is 22. The minimum absolute atomic E-state index is 0. The summed E-state index contributed by atoms with van der Waals surface area (Å²) in [4.78, 5) is 0. The van der Waals surface area contributed by atoms with Gasteiger partial charge in [-0.2, -0.15) is 57.1 Å². The lowest BCUT2D eigenvalue weighted by Gasteiger charge is -2.12. The summed E-state index contributed by atoms with van der Waals surface area (Å²) in [5.74, 6) is -9.87. The molecule has 0 aliphatic heterocycles. The Morgan fingerprint density at radius 3 is 0.849 bits per heavy atom. The minimum atomic E-state index is -5.38. The molecule has 0 saturated heterocycles. The first-order valence-electron chi connectivity index (χ1n) is 10.8. The minimum Gasteiger partial charge on any atom is -0.377 e. The second kappa shape index (κ2) is 51.2. The highest BCUT2D eigenvalue weighted by Crippen LogP contribution is 2.36. The highest BCUT2D eigenvalue weighted by molar-refractivity contribution is 5.09. The van der Waals surface area contributed by atoms with E-state index in [9.17, 15) is 87.8 Å². The Bertz CT molecular complexity index is 693. The average Bonchev–Trinajstić information content (AvgIpc) is 3.02. The molecule has 0 aliphatic carbocycles. The molecule has 0 N–H and O–H groups in total. The van der Waals surface area contributed by atoms with Crippen LogP contribution in [-0.4, -0.2) is 83.9 Å². The monoisotopic (exact) mass is 850 g/mol. The van der Waals surface area contributed by atoms with Gasteiger partial charge in [0, 0.05) is 21.6 Å². The molecule has 0 bridgehead atoms. The van der Waals surface area contributed by atoms with Crippen LogP contribution in [0.1, 0.15) is 51.0 Å². The van der Waals surface area contributed by atoms with Crippen LogP contribution in [0.5, 0.6) is 0 Å². The zero-order valence-corrected chi connectivity index (χ0v) is 24.3. The zero-order valence-electron chi connectivity index (χ0n) is 24.3. The van der Waals surface area contributed by atoms with E-state index < -0.39 is 68.3 Å². The molecule has 0 aliphatic rings. The third-order valence-electron chi connectivity index (χ3n) is 2.91. The maximum absolute atomic E-state index is 12.1. The lowest BCUT2D eigenvalue weighted by atomic mass is 10.3. The second-order valence-electron chi connectivity index (χ2n) is 6.52. The van der Waals surface area contributed by atoms with Crippen molar-refractivity contribution in [2.45, 2.75) is 87.3 Å². The van der Waals surface area contributed by atoms with Gasteiger partial charge in [-0.1, -0.05) is 77.0 Å². The molecule has 0 aromatic carbocycles. The maximum Gasteiger partial charge on any atom is 0.420 e. The summed E-state index contributed by atoms with van der Waals surface area (Å²) in [5, 5.41) is 0. The number of hydrogen-bond acceptors (Lipinski definition) is 1. The van der Waals surface area contributed by atoms with E-state index in [1.54, 1.807) is 0 Å². The molecule has 0 amide bonds. The van der Waals surface area contributed by atoms with Crippen LogP contribution in [0.3, 0.4) is 0 Å². The fraction of sp³-hybridized carbons (Fsp3) is 0.667. The van der Waals surface area contributed by atoms with E-state index in [2.05, 4.69) is 31.1 Å². The predicted octanol–water partition coefficient (Wildman–Crippen LogP) is 16.0. The van der Waals surface area contributed by atoms with Gasteiger partial charge in [0.05, 0.1) is 27.6 Å². The average molecular weight is 851 g/mol. The number of allylic oxidation sites excluding steroid dienone is 4. The van der Waals surface area contributed by atoms with Crippen LogP contribution in [-0.2, 0) is 4.74 Å². The smallest absolute Gasteiger partial charge is 0.377 e. The summed E-state index contributed by atoms with van der Waals surface area (Å²) < 4.78 is 242. The van der Waals surface area contributed by atoms with Crippen molar-refractivity contribution in [2.75, 3.05) is 47.6 Å². The van der Waals surface area contributed by atoms with Gasteiger partial charge in [-0.3, -0.25) is 8.78 Å². The molecule has 336 valence electrons. The lowest BCUT2D eigenvalue weighted by molar-refractivity contribution is -0.171. The Labute approximate surface area is 300 Å². The third kappa shape index (κ3) is 93.7. The van der Waals surface area contributed by atoms with Crippen molar-refractivity contribution < 1.29 is 102 Å². The summed E-state index contributed by atoms with van der Waals surface area (Å²) in [7, 11) is 1.00. The van der Waals surface area contributed by atoms with Gasteiger partial charge in [0.2, 0.25) is 0 Å². The molecule has 0 fully saturated rings. The summed E-state index contributed by atoms with van der Waals surface area (Å²) in [6, 6.07) is 0. The van der Waals surface area contributed by atoms with Gasteiger partial charge in [0.25, 0.3) is 17.8 Å². The van der Waals surface area contributed by atoms with E-state index >= 15 is 0 Å². The maximum atomic E-state index is 12.1. The van der Waals surface area contributed by atoms with Gasteiger partial charge < -0.3 is 4.74 Å². The molecule has 0 rings (SSSR count). The van der Waals surface area contributed by atoms with E-state index in [1.807, 2.05) is 6.58 Å². The van der Waals surface area contributed by atoms with Gasteiger partial charge >= 0.3 is 18.5 Å². The number of hydrogen-bond donors (Lipinski definition) is 0. The summed E-state index contributed by atoms with van der Waals surface area (Å²) in [6.07, 6.45) is -13.6. The first-order valence-corrected chi connectivity index (χ1v) is 10.8. The summed E-state index contributed by atoms with van der Waals surface area (Å²) >= 11 is 0. The normalized spacial score (nSPS) is 9.51. The highest BCUT2D eigenvalue weighted by atomic mass is 20.0. The molecule has 0 aromatic rings. The Morgan fingerprint density at radius 1 is 0.509 bits per heavy atom. The van der Waals surface area contributed by atoms with Crippen molar-refractivity contribution in [3.63, 3.8) is 0 Å². The van der Waals surface area contributed by atoms with Crippen LogP contribution < -0.4 is 0 Å². The Morgan fingerprint density at radius 2 is 0.755 bits per heavy atom. The van der Waals surface area contributed by atoms with Crippen LogP contribution >= 0.6 is 0 Å². The van der Waals surface area contributed by atoms with Crippen LogP contribution in [0.15, 0.2) is 62.8 Å². The van der Waals surface area contributed by atoms with Crippen LogP contribution in [0.4, 0.5) is 97.0 Å². The van der Waals surface area contributed by atoms with Gasteiger partial charge in [0.1, 0.15) is 5.57 Å². The molecule has 0 radical (unpaired) electrons. The highest BCUT2D eigenvalue weighted by Gasteiger charge is 2.49. The Hall–Kier alpha value is -2.88. The second-order valence-corrected chi connectivity index (χ2v) is 6.52. The number of alkyl halides is 20. The van der Waals surface area contributed by atoms with E-state index in [0.717, 1.165) is 0 Å². The van der Waals surface area contributed by atoms with Crippen LogP contribution in [0.25, 0.3) is 0 Å². The van der Waals surface area contributed by atoms with Crippen molar-refractivity contribution in [3.05, 3.63) is 62.8 Å². The molecule has 0 heterocycles. The van der Waals surface area contributed by atoms with E-state index in [-0.39, 0.29) is 76.0 Å². The molecule has 1 nitrogen and oxygen atoms in total. The summed E-state index contributed by atoms with van der Waals surface area (Å²) in [6.45, 7) is 8.26. The topological polar surface area (TPSA) is 9.23 Å². The standard InChI is InChI=1S/C7H11F3O.C4H2F6.2C4H5F3.C3H3F3.2CH3F.6CH4.F2/c1-2-4-11-5-3-7(9,10)6-8;1-2(3(5,6)7)4(8,9)10;2*1-2-4(6,7)3-5;1-2-3(4,5)6;2*1-2;;;;;;;1-2/h2H,1,3-6H2;1H2;2*2H,1,3H2;2H,1H2;2*1H3;6*1H4;. The van der Waals surface area contributed by atoms with Gasteiger partial charge in [-0.25, -0.2) is 22.0 Å². The predicted molar refractivity (Wildman–Crippen MR) is 173 cm³/mol. The quantitative estimate of drug-likeness (QED) is 0.121. The zero-order chi connectivity index (χ0) is 40.4. The van der Waals surface area contributed by atoms with E-state index in [0.29, 0.717) is 14.4 Å². The van der Waals surface area contributed by atoms with E-state index in [1.165, 1.54) is 6.08 Å². The van der Waals surface area contributed by atoms with Crippen molar-refractivity contribution >= 4 is 0 Å². The number of rotatable bonds is 10. The molecule has 0 spiro atoms. The van der Waals surface area contributed by atoms with Gasteiger partial charge in [-0.15, -0.1) is 6.58 Å². The van der Waals surface area contributed by atoms with Crippen LogP contribution in [0.2, 0.25) is 0 Å². The molecule has 0 aromatic heterocycles. The van der Waals surface area contributed by atoms with Crippen molar-refractivity contribution in [1.29, 1.82) is 0 Å². The van der Waals surface area contributed by atoms with Crippen LogP contribution in [0, 0.1) is 0 Å². The summed E-state index contributed by atoms with van der Waals surface area (Å²) in [5.41, 5.74) is -2.68.